The van der Waals surface area contributed by atoms with Crippen LogP contribution in [0.25, 0.3) is 0 Å². The van der Waals surface area contributed by atoms with Crippen LogP contribution in [-0.2, 0) is 18.4 Å². The molecular formula is C14H16FN3. The molecule has 3 nitrogen and oxygen atoms in total. The lowest BCUT2D eigenvalue weighted by atomic mass is 9.85. The summed E-state index contributed by atoms with van der Waals surface area (Å²) in [4.78, 5) is 7.63. The third-order valence-corrected chi connectivity index (χ3v) is 3.60. The first-order valence-corrected chi connectivity index (χ1v) is 6.20. The number of aromatic amines is 1. The van der Waals surface area contributed by atoms with E-state index in [1.807, 2.05) is 12.1 Å². The van der Waals surface area contributed by atoms with Crippen molar-refractivity contribution in [3.05, 3.63) is 53.4 Å². The van der Waals surface area contributed by atoms with E-state index in [9.17, 15) is 4.39 Å². The second kappa shape index (κ2) is 4.21. The number of rotatable bonds is 2. The Morgan fingerprint density at radius 2 is 2.11 bits per heavy atom. The Morgan fingerprint density at radius 1 is 1.33 bits per heavy atom. The Kier molecular flexibility index (Phi) is 2.67. The van der Waals surface area contributed by atoms with Crippen LogP contribution in [0, 0.1) is 5.82 Å². The van der Waals surface area contributed by atoms with Crippen LogP contribution in [0.2, 0.25) is 0 Å². The van der Waals surface area contributed by atoms with Gasteiger partial charge in [-0.1, -0.05) is 12.1 Å². The first-order chi connectivity index (χ1) is 8.67. The van der Waals surface area contributed by atoms with Crippen LogP contribution in [0.1, 0.15) is 23.9 Å². The molecule has 0 aliphatic carbocycles. The first-order valence-electron chi connectivity index (χ1n) is 6.20. The molecule has 1 aliphatic heterocycles. The quantitative estimate of drug-likeness (QED) is 0.851. The number of benzene rings is 1. The zero-order chi connectivity index (χ0) is 12.6. The van der Waals surface area contributed by atoms with Gasteiger partial charge in [0.2, 0.25) is 0 Å². The second-order valence-electron chi connectivity index (χ2n) is 5.04. The van der Waals surface area contributed by atoms with Gasteiger partial charge in [0.1, 0.15) is 5.82 Å². The van der Waals surface area contributed by atoms with E-state index in [4.69, 9.17) is 0 Å². The fraction of sp³-hybridized carbons (Fsp3) is 0.357. The van der Waals surface area contributed by atoms with Crippen molar-refractivity contribution in [2.24, 2.45) is 0 Å². The highest BCUT2D eigenvalue weighted by Crippen LogP contribution is 2.29. The van der Waals surface area contributed by atoms with E-state index in [-0.39, 0.29) is 11.4 Å². The number of nitrogens with one attached hydrogen (secondary N) is 2. The molecule has 94 valence electrons. The number of nitrogens with zero attached hydrogens (tertiary/aromatic N) is 1. The third-order valence-electron chi connectivity index (χ3n) is 3.60. The molecule has 18 heavy (non-hydrogen) atoms. The van der Waals surface area contributed by atoms with Crippen molar-refractivity contribution in [3.8, 4) is 0 Å². The molecule has 2 aromatic rings. The maximum atomic E-state index is 12.9. The van der Waals surface area contributed by atoms with E-state index in [0.29, 0.717) is 0 Å². The monoisotopic (exact) mass is 245 g/mol. The maximum Gasteiger partial charge on any atom is 0.123 e. The molecule has 1 aromatic carbocycles. The van der Waals surface area contributed by atoms with Crippen molar-refractivity contribution in [2.45, 2.75) is 25.3 Å². The lowest BCUT2D eigenvalue weighted by molar-refractivity contribution is 0.335. The molecule has 2 heterocycles. The minimum Gasteiger partial charge on any atom is -0.348 e. The van der Waals surface area contributed by atoms with E-state index in [0.717, 1.165) is 30.6 Å². The lowest BCUT2D eigenvalue weighted by Gasteiger charge is -2.34. The van der Waals surface area contributed by atoms with E-state index in [2.05, 4.69) is 22.2 Å². The Morgan fingerprint density at radius 3 is 2.89 bits per heavy atom. The molecule has 3 rings (SSSR count). The number of imidazole rings is 1. The van der Waals surface area contributed by atoms with Crippen molar-refractivity contribution >= 4 is 0 Å². The van der Waals surface area contributed by atoms with Crippen LogP contribution in [0.4, 0.5) is 4.39 Å². The largest absolute Gasteiger partial charge is 0.348 e. The average Bonchev–Trinajstić information content (AvgIpc) is 2.82. The number of aromatic nitrogens is 2. The highest BCUT2D eigenvalue weighted by molar-refractivity contribution is 5.28. The number of hydrogen-bond acceptors (Lipinski definition) is 2. The van der Waals surface area contributed by atoms with Crippen molar-refractivity contribution in [2.75, 3.05) is 6.54 Å². The zero-order valence-corrected chi connectivity index (χ0v) is 10.3. The normalized spacial score (nSPS) is 22.8. The van der Waals surface area contributed by atoms with E-state index < -0.39 is 0 Å². The SMILES string of the molecule is CC1(Cc2ccc(F)cc2)NCCc2[nH]cnc21. The van der Waals surface area contributed by atoms with Gasteiger partial charge in [-0.2, -0.15) is 0 Å². The second-order valence-corrected chi connectivity index (χ2v) is 5.04. The fourth-order valence-corrected chi connectivity index (χ4v) is 2.69. The number of H-pyrrole nitrogens is 1. The van der Waals surface area contributed by atoms with E-state index in [1.165, 1.54) is 17.8 Å². The molecule has 0 spiro atoms. The lowest BCUT2D eigenvalue weighted by Crippen LogP contribution is -2.46. The maximum absolute atomic E-state index is 12.9. The van der Waals surface area contributed by atoms with Crippen molar-refractivity contribution < 1.29 is 4.39 Å². The summed E-state index contributed by atoms with van der Waals surface area (Å²) in [5.41, 5.74) is 3.23. The van der Waals surface area contributed by atoms with Gasteiger partial charge >= 0.3 is 0 Å². The number of halogens is 1. The minimum absolute atomic E-state index is 0.175. The summed E-state index contributed by atoms with van der Waals surface area (Å²) in [5.74, 6) is -0.194. The van der Waals surface area contributed by atoms with Crippen molar-refractivity contribution in [1.29, 1.82) is 0 Å². The Balaban J connectivity index is 1.91. The first kappa shape index (κ1) is 11.4. The topological polar surface area (TPSA) is 40.7 Å². The molecular weight excluding hydrogens is 229 g/mol. The van der Waals surface area contributed by atoms with Crippen molar-refractivity contribution in [3.63, 3.8) is 0 Å². The Hall–Kier alpha value is -1.68. The molecule has 1 aliphatic rings. The van der Waals surface area contributed by atoms with Gasteiger partial charge in [-0.05, 0) is 31.0 Å². The molecule has 4 heteroatoms. The Labute approximate surface area is 105 Å². The van der Waals surface area contributed by atoms with Crippen molar-refractivity contribution in [1.82, 2.24) is 15.3 Å². The van der Waals surface area contributed by atoms with Crippen LogP contribution < -0.4 is 5.32 Å². The highest BCUT2D eigenvalue weighted by Gasteiger charge is 2.34. The summed E-state index contributed by atoms with van der Waals surface area (Å²) in [7, 11) is 0. The van der Waals surface area contributed by atoms with E-state index in [1.54, 1.807) is 6.33 Å². The average molecular weight is 245 g/mol. The smallest absolute Gasteiger partial charge is 0.123 e. The van der Waals surface area contributed by atoms with Crippen LogP contribution >= 0.6 is 0 Å². The van der Waals surface area contributed by atoms with Crippen LogP contribution in [0.5, 0.6) is 0 Å². The summed E-state index contributed by atoms with van der Waals surface area (Å²) in [6.07, 6.45) is 3.54. The molecule has 0 saturated heterocycles. The predicted octanol–water partition coefficient (Wildman–Crippen LogP) is 2.15. The molecule has 1 atom stereocenters. The van der Waals surface area contributed by atoms with Crippen LogP contribution in [0.3, 0.4) is 0 Å². The molecule has 1 unspecified atom stereocenters. The molecule has 1 aromatic heterocycles. The molecule has 0 amide bonds. The van der Waals surface area contributed by atoms with Gasteiger partial charge in [0, 0.05) is 18.7 Å². The fourth-order valence-electron chi connectivity index (χ4n) is 2.69. The van der Waals surface area contributed by atoms with Crippen LogP contribution in [-0.4, -0.2) is 16.5 Å². The third kappa shape index (κ3) is 1.93. The summed E-state index contributed by atoms with van der Waals surface area (Å²) < 4.78 is 12.9. The Bertz CT molecular complexity index is 546. The van der Waals surface area contributed by atoms with Gasteiger partial charge < -0.3 is 10.3 Å². The zero-order valence-electron chi connectivity index (χ0n) is 10.3. The van der Waals surface area contributed by atoms with Crippen LogP contribution in [0.15, 0.2) is 30.6 Å². The van der Waals surface area contributed by atoms with Gasteiger partial charge in [0.15, 0.2) is 0 Å². The van der Waals surface area contributed by atoms with Gasteiger partial charge in [0.05, 0.1) is 17.6 Å². The van der Waals surface area contributed by atoms with Gasteiger partial charge in [0.25, 0.3) is 0 Å². The van der Waals surface area contributed by atoms with Gasteiger partial charge in [-0.25, -0.2) is 9.37 Å². The molecule has 0 bridgehead atoms. The standard InChI is InChI=1S/C14H16FN3/c1-14(8-10-2-4-11(15)5-3-10)13-12(6-7-18-14)16-9-17-13/h2-5,9,18H,6-8H2,1H3,(H,16,17). The predicted molar refractivity (Wildman–Crippen MR) is 67.8 cm³/mol. The highest BCUT2D eigenvalue weighted by atomic mass is 19.1. The summed E-state index contributed by atoms with van der Waals surface area (Å²) >= 11 is 0. The number of fused-ring (bicyclic) bond motifs is 1. The molecule has 2 N–H and O–H groups in total. The van der Waals surface area contributed by atoms with E-state index >= 15 is 0 Å². The summed E-state index contributed by atoms with van der Waals surface area (Å²) in [5, 5.41) is 3.52. The molecule has 0 saturated carbocycles. The van der Waals surface area contributed by atoms with Gasteiger partial charge in [-0.3, -0.25) is 0 Å². The molecule has 0 radical (unpaired) electrons. The molecule has 0 fully saturated rings. The number of hydrogen-bond donors (Lipinski definition) is 2. The summed E-state index contributed by atoms with van der Waals surface area (Å²) in [6.45, 7) is 3.09. The van der Waals surface area contributed by atoms with Gasteiger partial charge in [-0.15, -0.1) is 0 Å². The minimum atomic E-state index is -0.194. The summed E-state index contributed by atoms with van der Waals surface area (Å²) in [6, 6.07) is 6.69.